The smallest absolute Gasteiger partial charge is 0.351 e. The highest BCUT2D eigenvalue weighted by atomic mass is 16.5. The second kappa shape index (κ2) is 5.93. The first kappa shape index (κ1) is 18.7. The Morgan fingerprint density at radius 2 is 1.86 bits per heavy atom. The Morgan fingerprint density at radius 1 is 1.14 bits per heavy atom. The number of hydrogen-bond acceptors (Lipinski definition) is 6. The van der Waals surface area contributed by atoms with Gasteiger partial charge >= 0.3 is 17.6 Å². The molecule has 1 aromatic carbocycles. The van der Waals surface area contributed by atoms with E-state index in [2.05, 4.69) is 0 Å². The highest BCUT2D eigenvalue weighted by Gasteiger charge is 2.74. The number of esters is 2. The molecule has 0 N–H and O–H groups in total. The van der Waals surface area contributed by atoms with Gasteiger partial charge in [-0.15, -0.1) is 0 Å². The van der Waals surface area contributed by atoms with Crippen molar-refractivity contribution >= 4 is 22.9 Å². The maximum Gasteiger partial charge on any atom is 0.351 e. The van der Waals surface area contributed by atoms with Crippen molar-refractivity contribution in [3.63, 3.8) is 0 Å². The van der Waals surface area contributed by atoms with Crippen molar-refractivity contribution in [3.8, 4) is 0 Å². The standard InChI is InChI=1S/C22H24O6/c1-20(2)21(3)9-10-22(20,19(25)26-4)12-16(21)28-18(24)14-11-13-7-5-6-8-15(13)27-17(14)23/h5-8,11,16H,9-10,12H2,1-4H3/t16-,21+,22-/m0/s1. The van der Waals surface area contributed by atoms with Crippen LogP contribution in [0.1, 0.15) is 50.4 Å². The van der Waals surface area contributed by atoms with Crippen molar-refractivity contribution in [2.45, 2.75) is 46.1 Å². The highest BCUT2D eigenvalue weighted by molar-refractivity contribution is 5.93. The van der Waals surface area contributed by atoms with Crippen LogP contribution in [0, 0.1) is 16.2 Å². The van der Waals surface area contributed by atoms with Crippen LogP contribution in [0.15, 0.2) is 39.5 Å². The number of para-hydroxylation sites is 1. The van der Waals surface area contributed by atoms with Crippen LogP contribution in [0.4, 0.5) is 0 Å². The van der Waals surface area contributed by atoms with E-state index >= 15 is 0 Å². The van der Waals surface area contributed by atoms with E-state index in [4.69, 9.17) is 13.9 Å². The predicted molar refractivity (Wildman–Crippen MR) is 102 cm³/mol. The first-order valence-electron chi connectivity index (χ1n) is 9.49. The normalized spacial score (nSPS) is 30.4. The van der Waals surface area contributed by atoms with E-state index in [9.17, 15) is 14.4 Å². The first-order chi connectivity index (χ1) is 13.2. The molecule has 0 radical (unpaired) electrons. The third-order valence-corrected chi connectivity index (χ3v) is 7.63. The molecule has 0 spiro atoms. The summed E-state index contributed by atoms with van der Waals surface area (Å²) in [7, 11) is 1.39. The van der Waals surface area contributed by atoms with Gasteiger partial charge in [0, 0.05) is 17.2 Å². The van der Waals surface area contributed by atoms with Gasteiger partial charge < -0.3 is 13.9 Å². The van der Waals surface area contributed by atoms with Crippen LogP contribution < -0.4 is 5.63 Å². The van der Waals surface area contributed by atoms with Crippen LogP contribution in [0.25, 0.3) is 11.0 Å². The maximum atomic E-state index is 12.8. The van der Waals surface area contributed by atoms with Gasteiger partial charge in [-0.05, 0) is 30.4 Å². The topological polar surface area (TPSA) is 82.8 Å². The highest BCUT2D eigenvalue weighted by Crippen LogP contribution is 2.73. The third-order valence-electron chi connectivity index (χ3n) is 7.63. The molecule has 2 aromatic rings. The fraction of sp³-hybridized carbons (Fsp3) is 0.500. The van der Waals surface area contributed by atoms with Gasteiger partial charge in [0.15, 0.2) is 0 Å². The Kier molecular flexibility index (Phi) is 3.97. The van der Waals surface area contributed by atoms with Crippen LogP contribution in [0.5, 0.6) is 0 Å². The fourth-order valence-electron chi connectivity index (χ4n) is 5.31. The van der Waals surface area contributed by atoms with Gasteiger partial charge in [0.1, 0.15) is 17.3 Å². The number of carbonyl (C=O) groups excluding carboxylic acids is 2. The van der Waals surface area contributed by atoms with Crippen LogP contribution in [0.2, 0.25) is 0 Å². The average molecular weight is 384 g/mol. The number of carbonyl (C=O) groups is 2. The predicted octanol–water partition coefficient (Wildman–Crippen LogP) is 3.71. The molecule has 6 heteroatoms. The summed E-state index contributed by atoms with van der Waals surface area (Å²) in [6.07, 6.45) is 1.37. The van der Waals surface area contributed by atoms with E-state index < -0.39 is 28.5 Å². The molecule has 1 aromatic heterocycles. The van der Waals surface area contributed by atoms with Gasteiger partial charge in [-0.1, -0.05) is 39.0 Å². The molecular weight excluding hydrogens is 360 g/mol. The quantitative estimate of drug-likeness (QED) is 0.593. The van der Waals surface area contributed by atoms with E-state index in [0.717, 1.165) is 6.42 Å². The summed E-state index contributed by atoms with van der Waals surface area (Å²) in [4.78, 5) is 37.8. The molecule has 0 aliphatic heterocycles. The number of fused-ring (bicyclic) bond motifs is 3. The molecule has 0 unspecified atom stereocenters. The number of rotatable bonds is 3. The molecule has 1 heterocycles. The van der Waals surface area contributed by atoms with Crippen molar-refractivity contribution in [1.82, 2.24) is 0 Å². The van der Waals surface area contributed by atoms with E-state index in [-0.39, 0.29) is 16.9 Å². The lowest BCUT2D eigenvalue weighted by Gasteiger charge is -2.39. The zero-order valence-corrected chi connectivity index (χ0v) is 16.5. The van der Waals surface area contributed by atoms with Crippen molar-refractivity contribution in [2.75, 3.05) is 7.11 Å². The molecule has 2 fully saturated rings. The van der Waals surface area contributed by atoms with E-state index in [0.29, 0.717) is 23.8 Å². The molecule has 3 atom stereocenters. The maximum absolute atomic E-state index is 12.8. The fourth-order valence-corrected chi connectivity index (χ4v) is 5.31. The zero-order valence-electron chi connectivity index (χ0n) is 16.5. The first-order valence-corrected chi connectivity index (χ1v) is 9.49. The van der Waals surface area contributed by atoms with Crippen molar-refractivity contribution in [1.29, 1.82) is 0 Å². The summed E-state index contributed by atoms with van der Waals surface area (Å²) in [5.41, 5.74) is -1.90. The molecular formula is C22H24O6. The number of benzene rings is 1. The summed E-state index contributed by atoms with van der Waals surface area (Å²) in [6.45, 7) is 6.12. The van der Waals surface area contributed by atoms with Gasteiger partial charge in [0.05, 0.1) is 12.5 Å². The lowest BCUT2D eigenvalue weighted by molar-refractivity contribution is -0.158. The molecule has 0 amide bonds. The average Bonchev–Trinajstić information content (AvgIpc) is 2.97. The van der Waals surface area contributed by atoms with Crippen LogP contribution in [0.3, 0.4) is 0 Å². The molecule has 2 bridgehead atoms. The molecule has 0 saturated heterocycles. The Bertz CT molecular complexity index is 1030. The minimum absolute atomic E-state index is 0.130. The number of methoxy groups -OCH3 is 1. The Hall–Kier alpha value is -2.63. The molecule has 28 heavy (non-hydrogen) atoms. The molecule has 6 nitrogen and oxygen atoms in total. The molecule has 148 valence electrons. The Balaban J connectivity index is 1.67. The second-order valence-corrected chi connectivity index (χ2v) is 8.70. The van der Waals surface area contributed by atoms with E-state index in [1.165, 1.54) is 13.2 Å². The minimum Gasteiger partial charge on any atom is -0.469 e. The van der Waals surface area contributed by atoms with Crippen LogP contribution in [-0.4, -0.2) is 25.2 Å². The van der Waals surface area contributed by atoms with Crippen LogP contribution in [-0.2, 0) is 14.3 Å². The minimum atomic E-state index is -0.723. The Labute approximate surface area is 162 Å². The van der Waals surface area contributed by atoms with Crippen molar-refractivity contribution in [3.05, 3.63) is 46.3 Å². The largest absolute Gasteiger partial charge is 0.469 e. The lowest BCUT2D eigenvalue weighted by atomic mass is 9.65. The van der Waals surface area contributed by atoms with Gasteiger partial charge in [-0.25, -0.2) is 9.59 Å². The molecule has 4 rings (SSSR count). The van der Waals surface area contributed by atoms with Crippen molar-refractivity contribution < 1.29 is 23.5 Å². The van der Waals surface area contributed by atoms with Gasteiger partial charge in [0.2, 0.25) is 0 Å². The van der Waals surface area contributed by atoms with Crippen LogP contribution >= 0.6 is 0 Å². The van der Waals surface area contributed by atoms with Gasteiger partial charge in [0.25, 0.3) is 0 Å². The summed E-state index contributed by atoms with van der Waals surface area (Å²) < 4.78 is 16.2. The molecule has 2 saturated carbocycles. The zero-order chi connectivity index (χ0) is 20.3. The monoisotopic (exact) mass is 384 g/mol. The van der Waals surface area contributed by atoms with Gasteiger partial charge in [-0.2, -0.15) is 0 Å². The second-order valence-electron chi connectivity index (χ2n) is 8.70. The van der Waals surface area contributed by atoms with E-state index in [1.807, 2.05) is 20.8 Å². The molecule has 2 aliphatic carbocycles. The van der Waals surface area contributed by atoms with E-state index in [1.54, 1.807) is 24.3 Å². The summed E-state index contributed by atoms with van der Waals surface area (Å²) in [5, 5.41) is 0.652. The SMILES string of the molecule is COC(=O)[C@]12CC[C@](C)([C@@H](OC(=O)c3cc4ccccc4oc3=O)C1)C2(C)C. The summed E-state index contributed by atoms with van der Waals surface area (Å²) in [5.74, 6) is -0.973. The van der Waals surface area contributed by atoms with Crippen molar-refractivity contribution in [2.24, 2.45) is 16.2 Å². The Morgan fingerprint density at radius 3 is 2.57 bits per heavy atom. The third kappa shape index (κ3) is 2.23. The van der Waals surface area contributed by atoms with Gasteiger partial charge in [-0.3, -0.25) is 4.79 Å². The summed E-state index contributed by atoms with van der Waals surface area (Å²) >= 11 is 0. The number of ether oxygens (including phenoxy) is 2. The number of hydrogen-bond donors (Lipinski definition) is 0. The lowest BCUT2D eigenvalue weighted by Crippen LogP contribution is -2.41. The summed E-state index contributed by atoms with van der Waals surface area (Å²) in [6, 6.07) is 8.50. The molecule has 2 aliphatic rings.